The molecule has 1 aliphatic heterocycles. The summed E-state index contributed by atoms with van der Waals surface area (Å²) in [7, 11) is 2.86. The van der Waals surface area contributed by atoms with E-state index in [1.54, 1.807) is 0 Å². The van der Waals surface area contributed by atoms with E-state index in [-0.39, 0.29) is 23.1 Å². The molecule has 0 aromatic heterocycles. The van der Waals surface area contributed by atoms with Crippen LogP contribution in [-0.4, -0.2) is 49.7 Å². The lowest BCUT2D eigenvalue weighted by Crippen LogP contribution is -2.37. The molecule has 0 bridgehead atoms. The molecule has 2 rings (SSSR count). The SMILES string of the molecule is COc1cc(/C=N\NC(=S)NC[C@H]2CCCO2)c([N+](=O)[O-])cc1OC. The summed E-state index contributed by atoms with van der Waals surface area (Å²) >= 11 is 5.11. The molecule has 1 aliphatic rings. The van der Waals surface area contributed by atoms with Crippen LogP contribution in [0.3, 0.4) is 0 Å². The van der Waals surface area contributed by atoms with E-state index in [0.29, 0.717) is 17.4 Å². The number of nitro groups is 1. The minimum atomic E-state index is -0.517. The standard InChI is InChI=1S/C15H20N4O5S/c1-22-13-6-10(12(19(20)21)7-14(13)23-2)8-17-18-15(25)16-9-11-4-3-5-24-11/h6-8,11H,3-5,9H2,1-2H3,(H2,16,18,25)/b17-8-/t11-/m1/s1. The molecule has 0 saturated carbocycles. The monoisotopic (exact) mass is 368 g/mol. The van der Waals surface area contributed by atoms with Crippen LogP contribution in [0.1, 0.15) is 18.4 Å². The van der Waals surface area contributed by atoms with Gasteiger partial charge in [0.05, 0.1) is 43.1 Å². The number of nitro benzene ring substituents is 1. The highest BCUT2D eigenvalue weighted by Gasteiger charge is 2.18. The summed E-state index contributed by atoms with van der Waals surface area (Å²) in [5.74, 6) is 0.640. The van der Waals surface area contributed by atoms with Gasteiger partial charge in [0.2, 0.25) is 0 Å². The van der Waals surface area contributed by atoms with E-state index in [4.69, 9.17) is 26.4 Å². The Labute approximate surface area is 150 Å². The fourth-order valence-electron chi connectivity index (χ4n) is 2.36. The minimum absolute atomic E-state index is 0.149. The Morgan fingerprint density at radius 1 is 1.48 bits per heavy atom. The fraction of sp³-hybridized carbons (Fsp3) is 0.467. The van der Waals surface area contributed by atoms with Gasteiger partial charge in [-0.3, -0.25) is 15.5 Å². The van der Waals surface area contributed by atoms with Crippen molar-refractivity contribution in [3.05, 3.63) is 27.8 Å². The Morgan fingerprint density at radius 2 is 2.20 bits per heavy atom. The quantitative estimate of drug-likeness (QED) is 0.323. The number of rotatable bonds is 7. The summed E-state index contributed by atoms with van der Waals surface area (Å²) in [4.78, 5) is 10.7. The molecule has 1 aromatic rings. The first kappa shape index (κ1) is 18.9. The van der Waals surface area contributed by atoms with Crippen LogP contribution in [0.2, 0.25) is 0 Å². The van der Waals surface area contributed by atoms with Crippen LogP contribution in [0, 0.1) is 10.1 Å². The Hall–Kier alpha value is -2.46. The number of hydrazone groups is 1. The molecule has 0 spiro atoms. The molecule has 0 aliphatic carbocycles. The fourth-order valence-corrected chi connectivity index (χ4v) is 2.49. The first-order valence-electron chi connectivity index (χ1n) is 7.64. The van der Waals surface area contributed by atoms with Gasteiger partial charge < -0.3 is 19.5 Å². The number of nitrogens with one attached hydrogen (secondary N) is 2. The number of benzene rings is 1. The van der Waals surface area contributed by atoms with Crippen molar-refractivity contribution in [3.8, 4) is 11.5 Å². The summed E-state index contributed by atoms with van der Waals surface area (Å²) < 4.78 is 15.7. The number of ether oxygens (including phenoxy) is 3. The van der Waals surface area contributed by atoms with E-state index in [9.17, 15) is 10.1 Å². The summed E-state index contributed by atoms with van der Waals surface area (Å²) in [6.07, 6.45) is 3.50. The van der Waals surface area contributed by atoms with Crippen LogP contribution < -0.4 is 20.2 Å². The second-order valence-corrected chi connectivity index (χ2v) is 5.65. The molecular weight excluding hydrogens is 348 g/mol. The number of methoxy groups -OCH3 is 2. The maximum atomic E-state index is 11.2. The van der Waals surface area contributed by atoms with E-state index < -0.39 is 4.92 Å². The summed E-state index contributed by atoms with van der Waals surface area (Å²) in [6, 6.07) is 2.76. The third kappa shape index (κ3) is 5.26. The van der Waals surface area contributed by atoms with Gasteiger partial charge in [0, 0.05) is 13.2 Å². The van der Waals surface area contributed by atoms with E-state index in [1.165, 1.54) is 32.6 Å². The van der Waals surface area contributed by atoms with Gasteiger partial charge in [0.25, 0.3) is 5.69 Å². The summed E-state index contributed by atoms with van der Waals surface area (Å²) in [5.41, 5.74) is 2.74. The zero-order chi connectivity index (χ0) is 18.2. The molecule has 0 unspecified atom stereocenters. The highest BCUT2D eigenvalue weighted by molar-refractivity contribution is 7.80. The summed E-state index contributed by atoms with van der Waals surface area (Å²) in [6.45, 7) is 1.37. The Morgan fingerprint density at radius 3 is 2.80 bits per heavy atom. The van der Waals surface area contributed by atoms with Crippen molar-refractivity contribution in [3.63, 3.8) is 0 Å². The molecule has 2 N–H and O–H groups in total. The molecule has 1 fully saturated rings. The number of thiocarbonyl (C=S) groups is 1. The van der Waals surface area contributed by atoms with Crippen molar-refractivity contribution in [1.82, 2.24) is 10.7 Å². The van der Waals surface area contributed by atoms with E-state index in [1.807, 2.05) is 0 Å². The van der Waals surface area contributed by atoms with Crippen LogP contribution in [0.5, 0.6) is 11.5 Å². The van der Waals surface area contributed by atoms with Crippen LogP contribution in [-0.2, 0) is 4.74 Å². The molecule has 136 valence electrons. The zero-order valence-corrected chi connectivity index (χ0v) is 14.8. The molecule has 1 atom stereocenters. The van der Waals surface area contributed by atoms with Crippen molar-refractivity contribution in [1.29, 1.82) is 0 Å². The van der Waals surface area contributed by atoms with E-state index in [2.05, 4.69) is 15.8 Å². The van der Waals surface area contributed by atoms with Crippen molar-refractivity contribution < 1.29 is 19.1 Å². The first-order valence-corrected chi connectivity index (χ1v) is 8.05. The first-order chi connectivity index (χ1) is 12.0. The maximum absolute atomic E-state index is 11.2. The normalized spacial score (nSPS) is 16.6. The molecule has 0 amide bonds. The molecule has 9 nitrogen and oxygen atoms in total. The zero-order valence-electron chi connectivity index (χ0n) is 14.0. The molecule has 0 radical (unpaired) electrons. The lowest BCUT2D eigenvalue weighted by molar-refractivity contribution is -0.385. The van der Waals surface area contributed by atoms with Gasteiger partial charge in [-0.2, -0.15) is 5.10 Å². The predicted molar refractivity (Wildman–Crippen MR) is 96.5 cm³/mol. The third-order valence-electron chi connectivity index (χ3n) is 3.61. The van der Waals surface area contributed by atoms with Crippen LogP contribution in [0.15, 0.2) is 17.2 Å². The lowest BCUT2D eigenvalue weighted by atomic mass is 10.1. The van der Waals surface area contributed by atoms with Gasteiger partial charge in [0.15, 0.2) is 16.6 Å². The second kappa shape index (κ2) is 9.14. The van der Waals surface area contributed by atoms with E-state index in [0.717, 1.165) is 19.4 Å². The van der Waals surface area contributed by atoms with Gasteiger partial charge in [-0.1, -0.05) is 0 Å². The largest absolute Gasteiger partial charge is 0.493 e. The van der Waals surface area contributed by atoms with Crippen molar-refractivity contribution in [2.45, 2.75) is 18.9 Å². The van der Waals surface area contributed by atoms with Gasteiger partial charge in [-0.25, -0.2) is 0 Å². The minimum Gasteiger partial charge on any atom is -0.493 e. The highest BCUT2D eigenvalue weighted by Crippen LogP contribution is 2.33. The molecule has 25 heavy (non-hydrogen) atoms. The number of nitrogens with zero attached hydrogens (tertiary/aromatic N) is 2. The number of hydrogen-bond donors (Lipinski definition) is 2. The van der Waals surface area contributed by atoms with Crippen molar-refractivity contribution >= 4 is 29.2 Å². The Balaban J connectivity index is 2.00. The van der Waals surface area contributed by atoms with Gasteiger partial charge >= 0.3 is 0 Å². The smallest absolute Gasteiger partial charge is 0.282 e. The second-order valence-electron chi connectivity index (χ2n) is 5.24. The third-order valence-corrected chi connectivity index (χ3v) is 3.85. The predicted octanol–water partition coefficient (Wildman–Crippen LogP) is 1.59. The van der Waals surface area contributed by atoms with Crippen LogP contribution in [0.25, 0.3) is 0 Å². The molecule has 1 aromatic carbocycles. The lowest BCUT2D eigenvalue weighted by Gasteiger charge is -2.12. The number of hydrogen-bond acceptors (Lipinski definition) is 7. The summed E-state index contributed by atoms with van der Waals surface area (Å²) in [5, 5.41) is 18.5. The Bertz CT molecular complexity index is 662. The molecular formula is C15H20N4O5S. The molecule has 1 heterocycles. The van der Waals surface area contributed by atoms with Crippen LogP contribution >= 0.6 is 12.2 Å². The molecule has 1 saturated heterocycles. The van der Waals surface area contributed by atoms with Gasteiger partial charge in [0.1, 0.15) is 0 Å². The van der Waals surface area contributed by atoms with Gasteiger partial charge in [-0.15, -0.1) is 0 Å². The van der Waals surface area contributed by atoms with Crippen molar-refractivity contribution in [2.24, 2.45) is 5.10 Å². The molecule has 10 heteroatoms. The Kier molecular flexibility index (Phi) is 6.90. The topological polar surface area (TPSA) is 107 Å². The van der Waals surface area contributed by atoms with E-state index >= 15 is 0 Å². The average Bonchev–Trinajstić information content (AvgIpc) is 3.12. The maximum Gasteiger partial charge on any atom is 0.282 e. The average molecular weight is 368 g/mol. The van der Waals surface area contributed by atoms with Crippen molar-refractivity contribution in [2.75, 3.05) is 27.4 Å². The van der Waals surface area contributed by atoms with Gasteiger partial charge in [-0.05, 0) is 31.1 Å². The highest BCUT2D eigenvalue weighted by atomic mass is 32.1. The van der Waals surface area contributed by atoms with Crippen LogP contribution in [0.4, 0.5) is 5.69 Å².